The molecule has 0 aromatic carbocycles. The van der Waals surface area contributed by atoms with Gasteiger partial charge in [0.1, 0.15) is 0 Å². The molecule has 0 spiro atoms. The topological polar surface area (TPSA) is 29.9 Å². The van der Waals surface area contributed by atoms with Gasteiger partial charge in [-0.1, -0.05) is 20.8 Å². The van der Waals surface area contributed by atoms with Gasteiger partial charge in [0.2, 0.25) is 0 Å². The van der Waals surface area contributed by atoms with Gasteiger partial charge in [0.15, 0.2) is 0 Å². The molecule has 0 atom stereocenters. The third-order valence-corrected chi connectivity index (χ3v) is 2.54. The highest BCUT2D eigenvalue weighted by molar-refractivity contribution is 5.17. The summed E-state index contributed by atoms with van der Waals surface area (Å²) in [6, 6.07) is 0. The smallest absolute Gasteiger partial charge is 0.0537 e. The van der Waals surface area contributed by atoms with Crippen molar-refractivity contribution >= 4 is 0 Å². The largest absolute Gasteiger partial charge is 0.312 e. The van der Waals surface area contributed by atoms with Crippen molar-refractivity contribution in [3.05, 3.63) is 17.5 Å². The highest BCUT2D eigenvalue weighted by atomic mass is 15.3. The van der Waals surface area contributed by atoms with Crippen LogP contribution in [0.25, 0.3) is 0 Å². The number of nitrogens with one attached hydrogen (secondary N) is 1. The first-order valence-corrected chi connectivity index (χ1v) is 5.93. The summed E-state index contributed by atoms with van der Waals surface area (Å²) in [5.74, 6) is 0.705. The fraction of sp³-hybridized carbons (Fsp3) is 0.750. The minimum atomic E-state index is 0.705. The predicted molar refractivity (Wildman–Crippen MR) is 63.8 cm³/mol. The number of aryl methyl sites for hydroxylation is 1. The molecule has 0 amide bonds. The molecule has 1 heterocycles. The van der Waals surface area contributed by atoms with Gasteiger partial charge < -0.3 is 5.32 Å². The van der Waals surface area contributed by atoms with Gasteiger partial charge in [0.05, 0.1) is 6.20 Å². The van der Waals surface area contributed by atoms with Crippen LogP contribution >= 0.6 is 0 Å². The summed E-state index contributed by atoms with van der Waals surface area (Å²) >= 11 is 0. The summed E-state index contributed by atoms with van der Waals surface area (Å²) in [4.78, 5) is 0. The zero-order valence-electron chi connectivity index (χ0n) is 10.4. The monoisotopic (exact) mass is 209 g/mol. The minimum absolute atomic E-state index is 0.705. The molecule has 3 heteroatoms. The molecule has 0 aliphatic carbocycles. The summed E-state index contributed by atoms with van der Waals surface area (Å²) in [7, 11) is 0. The Bertz CT molecular complexity index is 289. The van der Waals surface area contributed by atoms with Gasteiger partial charge in [0, 0.05) is 24.3 Å². The van der Waals surface area contributed by atoms with Crippen molar-refractivity contribution in [1.82, 2.24) is 15.1 Å². The van der Waals surface area contributed by atoms with Crippen molar-refractivity contribution < 1.29 is 0 Å². The zero-order valence-corrected chi connectivity index (χ0v) is 10.4. The van der Waals surface area contributed by atoms with Gasteiger partial charge in [-0.2, -0.15) is 5.10 Å². The Labute approximate surface area is 92.9 Å². The number of hydrogen-bond acceptors (Lipinski definition) is 2. The molecular weight excluding hydrogens is 186 g/mol. The second-order valence-electron chi connectivity index (χ2n) is 4.31. The van der Waals surface area contributed by atoms with Gasteiger partial charge in [-0.3, -0.25) is 4.68 Å². The maximum Gasteiger partial charge on any atom is 0.0537 e. The zero-order chi connectivity index (χ0) is 11.3. The SMILES string of the molecule is CCc1c(CNCC(C)C)cnn1CC. The summed E-state index contributed by atoms with van der Waals surface area (Å²) < 4.78 is 2.09. The van der Waals surface area contributed by atoms with Crippen LogP contribution in [0.15, 0.2) is 6.20 Å². The van der Waals surface area contributed by atoms with Crippen molar-refractivity contribution in [3.63, 3.8) is 0 Å². The molecule has 1 rings (SSSR count). The Kier molecular flexibility index (Phi) is 4.82. The van der Waals surface area contributed by atoms with E-state index in [0.717, 1.165) is 26.1 Å². The molecule has 0 fully saturated rings. The number of rotatable bonds is 6. The molecule has 0 aliphatic heterocycles. The first-order chi connectivity index (χ1) is 7.19. The lowest BCUT2D eigenvalue weighted by Crippen LogP contribution is -2.19. The highest BCUT2D eigenvalue weighted by Gasteiger charge is 2.07. The third kappa shape index (κ3) is 3.34. The number of aromatic nitrogens is 2. The molecule has 1 N–H and O–H groups in total. The van der Waals surface area contributed by atoms with Crippen LogP contribution in [-0.2, 0) is 19.5 Å². The van der Waals surface area contributed by atoms with Crippen LogP contribution < -0.4 is 5.32 Å². The van der Waals surface area contributed by atoms with Crippen LogP contribution in [0.2, 0.25) is 0 Å². The maximum atomic E-state index is 4.38. The standard InChI is InChI=1S/C12H23N3/c1-5-12-11(8-13-7-10(3)4)9-14-15(12)6-2/h9-10,13H,5-8H2,1-4H3. The summed E-state index contributed by atoms with van der Waals surface area (Å²) in [6.45, 7) is 11.8. The van der Waals surface area contributed by atoms with Crippen molar-refractivity contribution in [2.75, 3.05) is 6.54 Å². The Morgan fingerprint density at radius 1 is 1.40 bits per heavy atom. The Morgan fingerprint density at radius 3 is 2.67 bits per heavy atom. The lowest BCUT2D eigenvalue weighted by Gasteiger charge is -2.08. The third-order valence-electron chi connectivity index (χ3n) is 2.54. The first kappa shape index (κ1) is 12.2. The van der Waals surface area contributed by atoms with E-state index in [4.69, 9.17) is 0 Å². The van der Waals surface area contributed by atoms with Crippen LogP contribution in [0, 0.1) is 5.92 Å². The van der Waals surface area contributed by atoms with Gasteiger partial charge in [0.25, 0.3) is 0 Å². The number of hydrogen-bond donors (Lipinski definition) is 1. The lowest BCUT2D eigenvalue weighted by molar-refractivity contribution is 0.549. The van der Waals surface area contributed by atoms with Crippen LogP contribution in [0.1, 0.15) is 39.0 Å². The van der Waals surface area contributed by atoms with Crippen molar-refractivity contribution in [2.24, 2.45) is 5.92 Å². The second kappa shape index (κ2) is 5.91. The molecular formula is C12H23N3. The molecule has 86 valence electrons. The van der Waals surface area contributed by atoms with Crippen LogP contribution in [0.5, 0.6) is 0 Å². The molecule has 0 bridgehead atoms. The van der Waals surface area contributed by atoms with E-state index in [9.17, 15) is 0 Å². The van der Waals surface area contributed by atoms with Crippen LogP contribution in [0.3, 0.4) is 0 Å². The lowest BCUT2D eigenvalue weighted by atomic mass is 10.2. The van der Waals surface area contributed by atoms with Crippen molar-refractivity contribution in [3.8, 4) is 0 Å². The van der Waals surface area contributed by atoms with E-state index in [0.29, 0.717) is 5.92 Å². The Hall–Kier alpha value is -0.830. The molecule has 1 aromatic rings. The molecule has 0 radical (unpaired) electrons. The van der Waals surface area contributed by atoms with Crippen LogP contribution in [-0.4, -0.2) is 16.3 Å². The fourth-order valence-corrected chi connectivity index (χ4v) is 1.77. The van der Waals surface area contributed by atoms with Crippen LogP contribution in [0.4, 0.5) is 0 Å². The van der Waals surface area contributed by atoms with Gasteiger partial charge in [-0.05, 0) is 25.8 Å². The molecule has 0 saturated carbocycles. The van der Waals surface area contributed by atoms with E-state index in [1.54, 1.807) is 0 Å². The van der Waals surface area contributed by atoms with Crippen molar-refractivity contribution in [2.45, 2.75) is 47.2 Å². The summed E-state index contributed by atoms with van der Waals surface area (Å²) in [5.41, 5.74) is 2.72. The maximum absolute atomic E-state index is 4.38. The van der Waals surface area contributed by atoms with Crippen molar-refractivity contribution in [1.29, 1.82) is 0 Å². The Balaban J connectivity index is 2.56. The van der Waals surface area contributed by atoms with E-state index >= 15 is 0 Å². The molecule has 0 aliphatic rings. The average molecular weight is 209 g/mol. The second-order valence-corrected chi connectivity index (χ2v) is 4.31. The summed E-state index contributed by atoms with van der Waals surface area (Å²) in [5, 5.41) is 7.84. The first-order valence-electron chi connectivity index (χ1n) is 5.93. The van der Waals surface area contributed by atoms with Gasteiger partial charge in [-0.25, -0.2) is 0 Å². The number of nitrogens with zero attached hydrogens (tertiary/aromatic N) is 2. The van der Waals surface area contributed by atoms with Gasteiger partial charge >= 0.3 is 0 Å². The molecule has 3 nitrogen and oxygen atoms in total. The highest BCUT2D eigenvalue weighted by Crippen LogP contribution is 2.09. The van der Waals surface area contributed by atoms with E-state index in [1.165, 1.54) is 11.3 Å². The normalized spacial score (nSPS) is 11.3. The molecule has 0 unspecified atom stereocenters. The molecule has 1 aromatic heterocycles. The average Bonchev–Trinajstić information content (AvgIpc) is 2.59. The van der Waals surface area contributed by atoms with E-state index in [-0.39, 0.29) is 0 Å². The van der Waals surface area contributed by atoms with E-state index in [1.807, 2.05) is 6.20 Å². The minimum Gasteiger partial charge on any atom is -0.312 e. The molecule has 0 saturated heterocycles. The van der Waals surface area contributed by atoms with E-state index < -0.39 is 0 Å². The Morgan fingerprint density at radius 2 is 2.13 bits per heavy atom. The van der Waals surface area contributed by atoms with Gasteiger partial charge in [-0.15, -0.1) is 0 Å². The quantitative estimate of drug-likeness (QED) is 0.778. The van der Waals surface area contributed by atoms with E-state index in [2.05, 4.69) is 42.8 Å². The predicted octanol–water partition coefficient (Wildman–Crippen LogP) is 2.21. The molecule has 15 heavy (non-hydrogen) atoms. The summed E-state index contributed by atoms with van der Waals surface area (Å²) in [6.07, 6.45) is 3.06. The fourth-order valence-electron chi connectivity index (χ4n) is 1.77.